The molecule has 0 radical (unpaired) electrons. The van der Waals surface area contributed by atoms with E-state index in [2.05, 4.69) is 17.0 Å². The maximum atomic E-state index is 12.5. The lowest BCUT2D eigenvalue weighted by Gasteiger charge is -2.14. The van der Waals surface area contributed by atoms with Crippen LogP contribution in [0.3, 0.4) is 0 Å². The molecule has 6 nitrogen and oxygen atoms in total. The van der Waals surface area contributed by atoms with Crippen LogP contribution in [-0.4, -0.2) is 32.7 Å². The van der Waals surface area contributed by atoms with Gasteiger partial charge in [0.1, 0.15) is 0 Å². The zero-order valence-electron chi connectivity index (χ0n) is 15.5. The summed E-state index contributed by atoms with van der Waals surface area (Å²) >= 11 is 6.27. The standard InChI is InChI=1S/C20H22ClNO5/c1-4-5-10-27-18-16(21)11-14(12-17(18)25-2)19(23)22-15-8-6-13(7-9-15)20(24)26-3/h6-9,11-12H,4-5,10H2,1-3H3,(H,22,23). The van der Waals surface area contributed by atoms with E-state index in [1.807, 2.05) is 0 Å². The summed E-state index contributed by atoms with van der Waals surface area (Å²) in [6.45, 7) is 2.58. The number of carbonyl (C=O) groups is 2. The van der Waals surface area contributed by atoms with E-state index in [0.29, 0.717) is 39.9 Å². The molecular formula is C20H22ClNO5. The van der Waals surface area contributed by atoms with Gasteiger partial charge in [-0.2, -0.15) is 0 Å². The SMILES string of the molecule is CCCCOc1c(Cl)cc(C(=O)Nc2ccc(C(=O)OC)cc2)cc1OC. The van der Waals surface area contributed by atoms with Gasteiger partial charge in [-0.15, -0.1) is 0 Å². The van der Waals surface area contributed by atoms with Crippen LogP contribution in [0, 0.1) is 0 Å². The first-order valence-electron chi connectivity index (χ1n) is 8.50. The minimum Gasteiger partial charge on any atom is -0.493 e. The molecule has 0 saturated carbocycles. The number of esters is 1. The molecule has 2 rings (SSSR count). The van der Waals surface area contributed by atoms with Gasteiger partial charge in [-0.1, -0.05) is 24.9 Å². The predicted octanol–water partition coefficient (Wildman–Crippen LogP) is 4.57. The molecule has 0 fully saturated rings. The van der Waals surface area contributed by atoms with Crippen LogP contribution in [0.5, 0.6) is 11.5 Å². The fourth-order valence-corrected chi connectivity index (χ4v) is 2.59. The number of benzene rings is 2. The third kappa shape index (κ3) is 5.37. The van der Waals surface area contributed by atoms with Gasteiger partial charge in [0.25, 0.3) is 5.91 Å². The summed E-state index contributed by atoms with van der Waals surface area (Å²) in [5.41, 5.74) is 1.26. The highest BCUT2D eigenvalue weighted by Crippen LogP contribution is 2.36. The quantitative estimate of drug-likeness (QED) is 0.527. The number of carbonyl (C=O) groups excluding carboxylic acids is 2. The fraction of sp³-hybridized carbons (Fsp3) is 0.300. The Kier molecular flexibility index (Phi) is 7.49. The van der Waals surface area contributed by atoms with Crippen LogP contribution >= 0.6 is 11.6 Å². The van der Waals surface area contributed by atoms with E-state index in [0.717, 1.165) is 12.8 Å². The smallest absolute Gasteiger partial charge is 0.337 e. The van der Waals surface area contributed by atoms with Crippen molar-refractivity contribution in [1.29, 1.82) is 0 Å². The molecular weight excluding hydrogens is 370 g/mol. The zero-order valence-corrected chi connectivity index (χ0v) is 16.3. The van der Waals surface area contributed by atoms with Gasteiger partial charge in [-0.05, 0) is 42.8 Å². The minimum absolute atomic E-state index is 0.302. The second-order valence-corrected chi connectivity index (χ2v) is 6.12. The number of hydrogen-bond acceptors (Lipinski definition) is 5. The first-order chi connectivity index (χ1) is 13.0. The van der Waals surface area contributed by atoms with Crippen molar-refractivity contribution in [2.45, 2.75) is 19.8 Å². The van der Waals surface area contributed by atoms with Gasteiger partial charge in [-0.3, -0.25) is 4.79 Å². The summed E-state index contributed by atoms with van der Waals surface area (Å²) in [5, 5.41) is 3.05. The van der Waals surface area contributed by atoms with Crippen LogP contribution in [0.15, 0.2) is 36.4 Å². The van der Waals surface area contributed by atoms with Crippen molar-refractivity contribution in [3.8, 4) is 11.5 Å². The lowest BCUT2D eigenvalue weighted by atomic mass is 10.1. The molecule has 0 unspecified atom stereocenters. The highest BCUT2D eigenvalue weighted by molar-refractivity contribution is 6.32. The third-order valence-corrected chi connectivity index (χ3v) is 4.08. The Morgan fingerprint density at radius 2 is 1.78 bits per heavy atom. The molecule has 27 heavy (non-hydrogen) atoms. The molecule has 0 aliphatic carbocycles. The molecule has 0 aliphatic rings. The first-order valence-corrected chi connectivity index (χ1v) is 8.88. The third-order valence-electron chi connectivity index (χ3n) is 3.80. The lowest BCUT2D eigenvalue weighted by Crippen LogP contribution is -2.13. The maximum absolute atomic E-state index is 12.5. The van der Waals surface area contributed by atoms with Crippen molar-refractivity contribution in [3.63, 3.8) is 0 Å². The molecule has 0 aromatic heterocycles. The van der Waals surface area contributed by atoms with Crippen LogP contribution in [0.25, 0.3) is 0 Å². The largest absolute Gasteiger partial charge is 0.493 e. The molecule has 1 N–H and O–H groups in total. The number of unbranched alkanes of at least 4 members (excludes halogenated alkanes) is 1. The number of ether oxygens (including phenoxy) is 3. The number of methoxy groups -OCH3 is 2. The van der Waals surface area contributed by atoms with E-state index < -0.39 is 5.97 Å². The molecule has 1 amide bonds. The number of nitrogens with one attached hydrogen (secondary N) is 1. The molecule has 0 saturated heterocycles. The average Bonchev–Trinajstić information content (AvgIpc) is 2.68. The summed E-state index contributed by atoms with van der Waals surface area (Å²) in [4.78, 5) is 24.0. The summed E-state index contributed by atoms with van der Waals surface area (Å²) < 4.78 is 15.6. The van der Waals surface area contributed by atoms with Crippen LogP contribution in [0.2, 0.25) is 5.02 Å². The summed E-state index contributed by atoms with van der Waals surface area (Å²) in [6.07, 6.45) is 1.89. The minimum atomic E-state index is -0.442. The van der Waals surface area contributed by atoms with Gasteiger partial charge in [0.05, 0.1) is 31.4 Å². The van der Waals surface area contributed by atoms with E-state index >= 15 is 0 Å². The predicted molar refractivity (Wildman–Crippen MR) is 104 cm³/mol. The Labute approximate surface area is 163 Å². The average molecular weight is 392 g/mol. The highest BCUT2D eigenvalue weighted by atomic mass is 35.5. The molecule has 0 atom stereocenters. The topological polar surface area (TPSA) is 73.9 Å². The van der Waals surface area contributed by atoms with Crippen molar-refractivity contribution < 1.29 is 23.8 Å². The second-order valence-electron chi connectivity index (χ2n) is 5.71. The molecule has 7 heteroatoms. The van der Waals surface area contributed by atoms with Crippen LogP contribution in [0.4, 0.5) is 5.69 Å². The van der Waals surface area contributed by atoms with Gasteiger partial charge < -0.3 is 19.5 Å². The van der Waals surface area contributed by atoms with Crippen molar-refractivity contribution in [2.24, 2.45) is 0 Å². The Morgan fingerprint density at radius 1 is 1.07 bits per heavy atom. The normalized spacial score (nSPS) is 10.2. The zero-order chi connectivity index (χ0) is 19.8. The van der Waals surface area contributed by atoms with Crippen molar-refractivity contribution in [1.82, 2.24) is 0 Å². The van der Waals surface area contributed by atoms with E-state index in [1.54, 1.807) is 30.3 Å². The molecule has 2 aromatic rings. The molecule has 0 bridgehead atoms. The van der Waals surface area contributed by atoms with Gasteiger partial charge in [0, 0.05) is 11.3 Å². The van der Waals surface area contributed by atoms with Crippen LogP contribution in [-0.2, 0) is 4.74 Å². The Balaban J connectivity index is 2.16. The fourth-order valence-electron chi connectivity index (χ4n) is 2.32. The number of amides is 1. The van der Waals surface area contributed by atoms with Crippen LogP contribution in [0.1, 0.15) is 40.5 Å². The number of hydrogen-bond donors (Lipinski definition) is 1. The number of anilines is 1. The van der Waals surface area contributed by atoms with Gasteiger partial charge in [0.2, 0.25) is 0 Å². The van der Waals surface area contributed by atoms with Crippen molar-refractivity contribution in [3.05, 3.63) is 52.5 Å². The van der Waals surface area contributed by atoms with E-state index in [1.165, 1.54) is 20.3 Å². The Hall–Kier alpha value is -2.73. The molecule has 144 valence electrons. The molecule has 0 heterocycles. The van der Waals surface area contributed by atoms with Gasteiger partial charge >= 0.3 is 5.97 Å². The van der Waals surface area contributed by atoms with Gasteiger partial charge in [-0.25, -0.2) is 4.79 Å². The summed E-state index contributed by atoms with van der Waals surface area (Å²) in [6, 6.07) is 9.48. The summed E-state index contributed by atoms with van der Waals surface area (Å²) in [5.74, 6) is 0.0144. The van der Waals surface area contributed by atoms with Crippen molar-refractivity contribution in [2.75, 3.05) is 26.1 Å². The first kappa shape index (κ1) is 20.6. The lowest BCUT2D eigenvalue weighted by molar-refractivity contribution is 0.0600. The van der Waals surface area contributed by atoms with E-state index in [-0.39, 0.29) is 5.91 Å². The van der Waals surface area contributed by atoms with Crippen molar-refractivity contribution >= 4 is 29.2 Å². The molecule has 0 aliphatic heterocycles. The highest BCUT2D eigenvalue weighted by Gasteiger charge is 2.16. The molecule has 2 aromatic carbocycles. The maximum Gasteiger partial charge on any atom is 0.337 e. The van der Waals surface area contributed by atoms with Crippen LogP contribution < -0.4 is 14.8 Å². The molecule has 0 spiro atoms. The number of rotatable bonds is 8. The summed E-state index contributed by atoms with van der Waals surface area (Å²) in [7, 11) is 2.80. The van der Waals surface area contributed by atoms with Gasteiger partial charge in [0.15, 0.2) is 11.5 Å². The second kappa shape index (κ2) is 9.83. The Morgan fingerprint density at radius 3 is 2.37 bits per heavy atom. The number of halogens is 1. The van der Waals surface area contributed by atoms with E-state index in [4.69, 9.17) is 21.1 Å². The monoisotopic (exact) mass is 391 g/mol. The van der Waals surface area contributed by atoms with E-state index in [9.17, 15) is 9.59 Å². The Bertz CT molecular complexity index is 805.